The van der Waals surface area contributed by atoms with Crippen LogP contribution in [0.3, 0.4) is 0 Å². The Balaban J connectivity index is 2.21. The van der Waals surface area contributed by atoms with Gasteiger partial charge in [-0.25, -0.2) is 4.79 Å². The predicted octanol–water partition coefficient (Wildman–Crippen LogP) is 1.52. The van der Waals surface area contributed by atoms with E-state index in [9.17, 15) is 4.79 Å². The highest BCUT2D eigenvalue weighted by Gasteiger charge is 2.36. The van der Waals surface area contributed by atoms with Crippen LogP contribution in [0.15, 0.2) is 24.5 Å². The first-order valence-corrected chi connectivity index (χ1v) is 4.14. The van der Waals surface area contributed by atoms with Crippen LogP contribution in [0, 0.1) is 5.92 Å². The van der Waals surface area contributed by atoms with E-state index in [0.29, 0.717) is 5.92 Å². The highest BCUT2D eigenvalue weighted by molar-refractivity contribution is 5.72. The number of rotatable bonds is 3. The first kappa shape index (κ1) is 7.40. The van der Waals surface area contributed by atoms with E-state index >= 15 is 0 Å². The van der Waals surface area contributed by atoms with E-state index in [1.807, 2.05) is 24.5 Å². The van der Waals surface area contributed by atoms with Gasteiger partial charge in [-0.2, -0.15) is 0 Å². The molecular weight excluding hydrogens is 154 g/mol. The number of hydrogen-bond acceptors (Lipinski definition) is 1. The summed E-state index contributed by atoms with van der Waals surface area (Å²) in [7, 11) is 0. The molecule has 1 aliphatic carbocycles. The smallest absolute Gasteiger partial charge is 0.326 e. The summed E-state index contributed by atoms with van der Waals surface area (Å²) in [6, 6.07) is 3.39. The van der Waals surface area contributed by atoms with Crippen LogP contribution in [0.2, 0.25) is 0 Å². The molecule has 0 aromatic carbocycles. The zero-order valence-corrected chi connectivity index (χ0v) is 6.68. The number of aliphatic carboxylic acids is 1. The lowest BCUT2D eigenvalue weighted by atomic mass is 10.2. The fourth-order valence-corrected chi connectivity index (χ4v) is 1.52. The Morgan fingerprint density at radius 2 is 2.00 bits per heavy atom. The molecule has 1 N–H and O–H groups in total. The molecule has 0 radical (unpaired) electrons. The van der Waals surface area contributed by atoms with Gasteiger partial charge >= 0.3 is 5.97 Å². The van der Waals surface area contributed by atoms with Crippen molar-refractivity contribution in [3.8, 4) is 0 Å². The first-order chi connectivity index (χ1) is 5.79. The molecule has 0 saturated heterocycles. The average Bonchev–Trinajstić information content (AvgIpc) is 2.65. The normalized spacial score (nSPS) is 19.0. The lowest BCUT2D eigenvalue weighted by molar-refractivity contribution is -0.141. The summed E-state index contributed by atoms with van der Waals surface area (Å²) in [4.78, 5) is 10.9. The summed E-state index contributed by atoms with van der Waals surface area (Å²) in [5.41, 5.74) is 0. The molecule has 0 amide bonds. The standard InChI is InChI=1S/C9H11NO2/c11-9(12)8(7-3-4-7)10-5-1-2-6-10/h1-2,5-8H,3-4H2,(H,11,12)/t8-/m0/s1. The van der Waals surface area contributed by atoms with Crippen LogP contribution in [0.25, 0.3) is 0 Å². The Labute approximate surface area is 70.6 Å². The van der Waals surface area contributed by atoms with Crippen LogP contribution < -0.4 is 0 Å². The molecule has 1 saturated carbocycles. The van der Waals surface area contributed by atoms with Crippen LogP contribution in [0.5, 0.6) is 0 Å². The number of nitrogens with zero attached hydrogens (tertiary/aromatic N) is 1. The Kier molecular flexibility index (Phi) is 1.64. The molecule has 0 spiro atoms. The van der Waals surface area contributed by atoms with Crippen LogP contribution >= 0.6 is 0 Å². The van der Waals surface area contributed by atoms with E-state index in [0.717, 1.165) is 12.8 Å². The fourth-order valence-electron chi connectivity index (χ4n) is 1.52. The summed E-state index contributed by atoms with van der Waals surface area (Å²) in [5.74, 6) is -0.358. The minimum atomic E-state index is -0.714. The number of hydrogen-bond donors (Lipinski definition) is 1. The summed E-state index contributed by atoms with van der Waals surface area (Å²) in [5, 5.41) is 8.93. The third-order valence-electron chi connectivity index (χ3n) is 2.27. The third-order valence-corrected chi connectivity index (χ3v) is 2.27. The molecule has 0 aliphatic heterocycles. The van der Waals surface area contributed by atoms with Gasteiger partial charge in [0.05, 0.1) is 0 Å². The Morgan fingerprint density at radius 1 is 1.42 bits per heavy atom. The maximum Gasteiger partial charge on any atom is 0.326 e. The molecule has 2 rings (SSSR count). The van der Waals surface area contributed by atoms with Crippen LogP contribution in [-0.4, -0.2) is 15.6 Å². The Morgan fingerprint density at radius 3 is 2.42 bits per heavy atom. The molecule has 3 nitrogen and oxygen atoms in total. The van der Waals surface area contributed by atoms with Gasteiger partial charge in [-0.3, -0.25) is 0 Å². The second-order valence-electron chi connectivity index (χ2n) is 3.25. The van der Waals surface area contributed by atoms with Crippen molar-refractivity contribution in [2.75, 3.05) is 0 Å². The van der Waals surface area contributed by atoms with Crippen molar-refractivity contribution in [2.24, 2.45) is 5.92 Å². The van der Waals surface area contributed by atoms with E-state index in [1.165, 1.54) is 0 Å². The van der Waals surface area contributed by atoms with Crippen LogP contribution in [0.4, 0.5) is 0 Å². The molecular formula is C9H11NO2. The van der Waals surface area contributed by atoms with E-state index in [-0.39, 0.29) is 6.04 Å². The molecule has 1 atom stereocenters. The van der Waals surface area contributed by atoms with Crippen LogP contribution in [-0.2, 0) is 4.79 Å². The van der Waals surface area contributed by atoms with E-state index in [4.69, 9.17) is 5.11 Å². The van der Waals surface area contributed by atoms with Crippen LogP contribution in [0.1, 0.15) is 18.9 Å². The number of carbonyl (C=O) groups is 1. The summed E-state index contributed by atoms with van der Waals surface area (Å²) in [6.45, 7) is 0. The number of carboxylic acid groups (broad SMARTS) is 1. The lowest BCUT2D eigenvalue weighted by Gasteiger charge is -2.12. The summed E-state index contributed by atoms with van der Waals surface area (Å²) >= 11 is 0. The Bertz CT molecular complexity index is 275. The van der Waals surface area contributed by atoms with Gasteiger partial charge in [0.25, 0.3) is 0 Å². The van der Waals surface area contributed by atoms with E-state index < -0.39 is 5.97 Å². The van der Waals surface area contributed by atoms with Crippen molar-refractivity contribution < 1.29 is 9.90 Å². The highest BCUT2D eigenvalue weighted by Crippen LogP contribution is 2.39. The average molecular weight is 165 g/mol. The predicted molar refractivity (Wildman–Crippen MR) is 43.8 cm³/mol. The van der Waals surface area contributed by atoms with Crippen molar-refractivity contribution in [3.63, 3.8) is 0 Å². The topological polar surface area (TPSA) is 42.2 Å². The molecule has 12 heavy (non-hydrogen) atoms. The molecule has 0 bridgehead atoms. The summed E-state index contributed by atoms with van der Waals surface area (Å²) < 4.78 is 1.78. The first-order valence-electron chi connectivity index (χ1n) is 4.14. The molecule has 1 fully saturated rings. The molecule has 1 heterocycles. The maximum absolute atomic E-state index is 10.9. The SMILES string of the molecule is O=C(O)[C@H](C1CC1)n1cccc1. The zero-order valence-electron chi connectivity index (χ0n) is 6.68. The monoisotopic (exact) mass is 165 g/mol. The molecule has 1 aromatic rings. The third kappa shape index (κ3) is 1.22. The minimum Gasteiger partial charge on any atom is -0.480 e. The highest BCUT2D eigenvalue weighted by atomic mass is 16.4. The molecule has 64 valence electrons. The molecule has 3 heteroatoms. The van der Waals surface area contributed by atoms with E-state index in [2.05, 4.69) is 0 Å². The van der Waals surface area contributed by atoms with Gasteiger partial charge < -0.3 is 9.67 Å². The molecule has 1 aliphatic rings. The van der Waals surface area contributed by atoms with Gasteiger partial charge in [-0.15, -0.1) is 0 Å². The van der Waals surface area contributed by atoms with Crippen molar-refractivity contribution >= 4 is 5.97 Å². The van der Waals surface area contributed by atoms with Crippen molar-refractivity contribution in [1.29, 1.82) is 0 Å². The van der Waals surface area contributed by atoms with Gasteiger partial charge in [0, 0.05) is 12.4 Å². The second-order valence-corrected chi connectivity index (χ2v) is 3.25. The van der Waals surface area contributed by atoms with E-state index in [1.54, 1.807) is 4.57 Å². The quantitative estimate of drug-likeness (QED) is 0.737. The number of aromatic nitrogens is 1. The van der Waals surface area contributed by atoms with Gasteiger partial charge in [-0.1, -0.05) is 0 Å². The zero-order chi connectivity index (χ0) is 8.55. The van der Waals surface area contributed by atoms with Crippen molar-refractivity contribution in [3.05, 3.63) is 24.5 Å². The van der Waals surface area contributed by atoms with Gasteiger partial charge in [0.15, 0.2) is 0 Å². The second kappa shape index (κ2) is 2.66. The largest absolute Gasteiger partial charge is 0.480 e. The molecule has 0 unspecified atom stereocenters. The molecule has 1 aromatic heterocycles. The van der Waals surface area contributed by atoms with Crippen molar-refractivity contribution in [1.82, 2.24) is 4.57 Å². The maximum atomic E-state index is 10.9. The lowest BCUT2D eigenvalue weighted by Crippen LogP contribution is -2.19. The van der Waals surface area contributed by atoms with Gasteiger partial charge in [-0.05, 0) is 30.9 Å². The fraction of sp³-hybridized carbons (Fsp3) is 0.444. The minimum absolute atomic E-state index is 0.333. The van der Waals surface area contributed by atoms with Crippen molar-refractivity contribution in [2.45, 2.75) is 18.9 Å². The van der Waals surface area contributed by atoms with Gasteiger partial charge in [0.2, 0.25) is 0 Å². The van der Waals surface area contributed by atoms with Gasteiger partial charge in [0.1, 0.15) is 6.04 Å². The summed E-state index contributed by atoms with van der Waals surface area (Å²) in [6.07, 6.45) is 5.73. The number of carboxylic acids is 1. The Hall–Kier alpha value is -1.25.